The lowest BCUT2D eigenvalue weighted by Gasteiger charge is -2.16. The molecule has 27 heavy (non-hydrogen) atoms. The molecular weight excluding hydrogens is 384 g/mol. The maximum Gasteiger partial charge on any atom is 0.233 e. The molecule has 1 aliphatic rings. The molecule has 6 nitrogen and oxygen atoms in total. The highest BCUT2D eigenvalue weighted by Crippen LogP contribution is 2.28. The van der Waals surface area contributed by atoms with E-state index in [1.807, 2.05) is 35.8 Å². The van der Waals surface area contributed by atoms with Crippen molar-refractivity contribution in [3.8, 4) is 11.4 Å². The number of benzene rings is 1. The summed E-state index contributed by atoms with van der Waals surface area (Å²) >= 11 is 7.42. The van der Waals surface area contributed by atoms with E-state index in [9.17, 15) is 4.79 Å². The monoisotopic (exact) mass is 408 g/mol. The third-order valence-electron chi connectivity index (χ3n) is 4.69. The number of carbonyl (C=O) groups excluding carboxylic acids is 1. The predicted octanol–water partition coefficient (Wildman–Crippen LogP) is 3.78. The second-order valence-corrected chi connectivity index (χ2v) is 8.45. The molecule has 0 unspecified atom stereocenters. The van der Waals surface area contributed by atoms with Crippen molar-refractivity contribution in [2.75, 3.05) is 13.7 Å². The Balaban J connectivity index is 1.75. The lowest BCUT2D eigenvalue weighted by molar-refractivity contribution is -0.120. The van der Waals surface area contributed by atoms with Gasteiger partial charge in [0.25, 0.3) is 0 Å². The zero-order chi connectivity index (χ0) is 19.2. The molecule has 8 heteroatoms. The topological polar surface area (TPSA) is 69.0 Å². The van der Waals surface area contributed by atoms with E-state index in [0.29, 0.717) is 29.4 Å². The fourth-order valence-electron chi connectivity index (χ4n) is 3.17. The van der Waals surface area contributed by atoms with Crippen LogP contribution >= 0.6 is 23.4 Å². The summed E-state index contributed by atoms with van der Waals surface area (Å²) in [5.74, 6) is 0.802. The van der Waals surface area contributed by atoms with E-state index in [4.69, 9.17) is 16.3 Å². The van der Waals surface area contributed by atoms with Crippen molar-refractivity contribution >= 4 is 29.3 Å². The van der Waals surface area contributed by atoms with E-state index in [-0.39, 0.29) is 11.2 Å². The molecular formula is C19H25ClN4O2S. The highest BCUT2D eigenvalue weighted by Gasteiger charge is 2.24. The quantitative estimate of drug-likeness (QED) is 0.673. The van der Waals surface area contributed by atoms with Crippen molar-refractivity contribution in [1.29, 1.82) is 0 Å². The largest absolute Gasteiger partial charge is 0.383 e. The molecule has 1 fully saturated rings. The van der Waals surface area contributed by atoms with E-state index in [2.05, 4.69) is 15.5 Å². The van der Waals surface area contributed by atoms with Crippen LogP contribution in [0.2, 0.25) is 5.02 Å². The normalized spacial score (nSPS) is 15.8. The van der Waals surface area contributed by atoms with E-state index in [1.54, 1.807) is 7.11 Å². The molecule has 1 amide bonds. The Bertz CT molecular complexity index is 760. The molecule has 0 radical (unpaired) electrons. The van der Waals surface area contributed by atoms with Crippen molar-refractivity contribution in [3.05, 3.63) is 29.3 Å². The van der Waals surface area contributed by atoms with E-state index in [0.717, 1.165) is 24.2 Å². The Labute approximate surface area is 169 Å². The molecule has 146 valence electrons. The molecule has 1 aliphatic carbocycles. The van der Waals surface area contributed by atoms with Crippen LogP contribution in [-0.2, 0) is 16.1 Å². The zero-order valence-corrected chi connectivity index (χ0v) is 17.2. The Morgan fingerprint density at radius 1 is 1.33 bits per heavy atom. The zero-order valence-electron chi connectivity index (χ0n) is 15.7. The molecule has 0 aliphatic heterocycles. The molecule has 3 rings (SSSR count). The lowest BCUT2D eigenvalue weighted by atomic mass is 10.2. The average Bonchev–Trinajstić information content (AvgIpc) is 3.30. The summed E-state index contributed by atoms with van der Waals surface area (Å²) in [5, 5.41) is 13.0. The van der Waals surface area contributed by atoms with Crippen LogP contribution in [0.5, 0.6) is 0 Å². The number of carbonyl (C=O) groups is 1. The first-order valence-corrected chi connectivity index (χ1v) is 10.5. The Morgan fingerprint density at radius 2 is 2.04 bits per heavy atom. The Hall–Kier alpha value is -1.57. The number of hydrogen-bond acceptors (Lipinski definition) is 5. The van der Waals surface area contributed by atoms with Gasteiger partial charge in [0.05, 0.1) is 18.4 Å². The van der Waals surface area contributed by atoms with Gasteiger partial charge in [-0.3, -0.25) is 9.36 Å². The van der Waals surface area contributed by atoms with Gasteiger partial charge in [-0.15, -0.1) is 10.2 Å². The summed E-state index contributed by atoms with van der Waals surface area (Å²) < 4.78 is 7.23. The first-order valence-electron chi connectivity index (χ1n) is 9.23. The molecule has 1 saturated carbocycles. The van der Waals surface area contributed by atoms with Crippen LogP contribution in [0.4, 0.5) is 0 Å². The maximum absolute atomic E-state index is 12.5. The number of nitrogens with one attached hydrogen (secondary N) is 1. The van der Waals surface area contributed by atoms with E-state index in [1.165, 1.54) is 24.6 Å². The van der Waals surface area contributed by atoms with Crippen LogP contribution in [0.3, 0.4) is 0 Å². The minimum atomic E-state index is -0.242. The van der Waals surface area contributed by atoms with Crippen LogP contribution in [0, 0.1) is 0 Å². The first-order chi connectivity index (χ1) is 13.1. The summed E-state index contributed by atoms with van der Waals surface area (Å²) in [6, 6.07) is 7.81. The van der Waals surface area contributed by atoms with Gasteiger partial charge in [-0.1, -0.05) is 36.2 Å². The van der Waals surface area contributed by atoms with Crippen LogP contribution in [-0.4, -0.2) is 45.7 Å². The number of amides is 1. The standard InChI is InChI=1S/C19H25ClN4O2S/c1-13(18(25)21-16-5-3-4-6-16)27-19-23-22-17(24(19)11-12-26-2)14-7-9-15(20)10-8-14/h7-10,13,16H,3-6,11-12H2,1-2H3,(H,21,25)/t13-/m1/s1. The minimum Gasteiger partial charge on any atom is -0.383 e. The highest BCUT2D eigenvalue weighted by molar-refractivity contribution is 8.00. The highest BCUT2D eigenvalue weighted by atomic mass is 35.5. The second-order valence-electron chi connectivity index (χ2n) is 6.71. The molecule has 1 aromatic carbocycles. The smallest absolute Gasteiger partial charge is 0.233 e. The van der Waals surface area contributed by atoms with Crippen LogP contribution in [0.25, 0.3) is 11.4 Å². The third kappa shape index (κ3) is 5.24. The number of thioether (sulfide) groups is 1. The molecule has 0 saturated heterocycles. The van der Waals surface area contributed by atoms with Gasteiger partial charge in [0, 0.05) is 23.7 Å². The third-order valence-corrected chi connectivity index (χ3v) is 6.02. The van der Waals surface area contributed by atoms with E-state index < -0.39 is 0 Å². The number of aromatic nitrogens is 3. The van der Waals surface area contributed by atoms with Gasteiger partial charge >= 0.3 is 0 Å². The van der Waals surface area contributed by atoms with Crippen molar-refractivity contribution in [1.82, 2.24) is 20.1 Å². The molecule has 1 aromatic heterocycles. The number of halogens is 1. The minimum absolute atomic E-state index is 0.0567. The van der Waals surface area contributed by atoms with Gasteiger partial charge in [-0.25, -0.2) is 0 Å². The van der Waals surface area contributed by atoms with Crippen molar-refractivity contribution in [2.45, 2.75) is 55.6 Å². The van der Waals surface area contributed by atoms with Gasteiger partial charge < -0.3 is 10.1 Å². The Kier molecular flexibility index (Phi) is 7.15. The molecule has 1 atom stereocenters. The lowest BCUT2D eigenvalue weighted by Crippen LogP contribution is -2.37. The number of methoxy groups -OCH3 is 1. The predicted molar refractivity (Wildman–Crippen MR) is 108 cm³/mol. The number of nitrogens with zero attached hydrogens (tertiary/aromatic N) is 3. The van der Waals surface area contributed by atoms with Crippen molar-refractivity contribution < 1.29 is 9.53 Å². The second kappa shape index (κ2) is 9.57. The molecule has 1 N–H and O–H groups in total. The molecule has 2 aromatic rings. The van der Waals surface area contributed by atoms with Crippen molar-refractivity contribution in [2.24, 2.45) is 0 Å². The summed E-state index contributed by atoms with van der Waals surface area (Å²) in [4.78, 5) is 12.5. The summed E-state index contributed by atoms with van der Waals surface area (Å²) in [6.07, 6.45) is 4.55. The van der Waals surface area contributed by atoms with Gasteiger partial charge in [0.15, 0.2) is 11.0 Å². The molecule has 0 bridgehead atoms. The first kappa shape index (κ1) is 20.2. The summed E-state index contributed by atoms with van der Waals surface area (Å²) in [7, 11) is 1.66. The van der Waals surface area contributed by atoms with Gasteiger partial charge in [-0.2, -0.15) is 0 Å². The average molecular weight is 409 g/mol. The van der Waals surface area contributed by atoms with Crippen LogP contribution < -0.4 is 5.32 Å². The van der Waals surface area contributed by atoms with Crippen molar-refractivity contribution in [3.63, 3.8) is 0 Å². The number of rotatable bonds is 8. The fourth-order valence-corrected chi connectivity index (χ4v) is 4.18. The number of hydrogen-bond donors (Lipinski definition) is 1. The van der Waals surface area contributed by atoms with Crippen LogP contribution in [0.1, 0.15) is 32.6 Å². The van der Waals surface area contributed by atoms with Gasteiger partial charge in [0.1, 0.15) is 0 Å². The van der Waals surface area contributed by atoms with Gasteiger partial charge in [-0.05, 0) is 44.0 Å². The summed E-state index contributed by atoms with van der Waals surface area (Å²) in [6.45, 7) is 3.06. The molecule has 0 spiro atoms. The SMILES string of the molecule is COCCn1c(S[C@H](C)C(=O)NC2CCCC2)nnc1-c1ccc(Cl)cc1. The Morgan fingerprint density at radius 3 is 2.70 bits per heavy atom. The molecule has 1 heterocycles. The van der Waals surface area contributed by atoms with Gasteiger partial charge in [0.2, 0.25) is 5.91 Å². The maximum atomic E-state index is 12.5. The van der Waals surface area contributed by atoms with Crippen LogP contribution in [0.15, 0.2) is 29.4 Å². The van der Waals surface area contributed by atoms with E-state index >= 15 is 0 Å². The fraction of sp³-hybridized carbons (Fsp3) is 0.526. The summed E-state index contributed by atoms with van der Waals surface area (Å²) in [5.41, 5.74) is 0.929. The number of ether oxygens (including phenoxy) is 1.